The minimum Gasteiger partial charge on any atom is -0.497 e. The summed E-state index contributed by atoms with van der Waals surface area (Å²) in [6, 6.07) is 17.4. The quantitative estimate of drug-likeness (QED) is 0.561. The molecule has 26 heavy (non-hydrogen) atoms. The van der Waals surface area contributed by atoms with E-state index in [-0.39, 0.29) is 5.41 Å². The maximum absolute atomic E-state index is 5.32. The Bertz CT molecular complexity index is 791. The first-order chi connectivity index (χ1) is 12.6. The number of methoxy groups -OCH3 is 1. The Morgan fingerprint density at radius 2 is 1.77 bits per heavy atom. The van der Waals surface area contributed by atoms with Crippen molar-refractivity contribution in [3.05, 3.63) is 83.9 Å². The molecule has 0 spiro atoms. The maximum atomic E-state index is 5.32. The summed E-state index contributed by atoms with van der Waals surface area (Å²) in [5.41, 5.74) is 4.13. The van der Waals surface area contributed by atoms with Gasteiger partial charge in [-0.05, 0) is 49.4 Å². The van der Waals surface area contributed by atoms with Crippen LogP contribution < -0.4 is 4.74 Å². The Hall–Kier alpha value is -2.55. The fraction of sp³-hybridized carbons (Fsp3) is 0.348. The summed E-state index contributed by atoms with van der Waals surface area (Å²) in [6.45, 7) is 5.41. The number of nitrogens with zero attached hydrogens (tertiary/aromatic N) is 2. The van der Waals surface area contributed by atoms with Crippen molar-refractivity contribution in [2.24, 2.45) is 0 Å². The van der Waals surface area contributed by atoms with Crippen LogP contribution in [0.15, 0.2) is 67.3 Å². The summed E-state index contributed by atoms with van der Waals surface area (Å²) in [7, 11) is 1.71. The van der Waals surface area contributed by atoms with Gasteiger partial charge >= 0.3 is 0 Å². The lowest BCUT2D eigenvalue weighted by Gasteiger charge is -2.31. The van der Waals surface area contributed by atoms with Crippen molar-refractivity contribution >= 4 is 0 Å². The third kappa shape index (κ3) is 4.54. The molecule has 3 rings (SSSR count). The fourth-order valence-electron chi connectivity index (χ4n) is 3.53. The zero-order chi connectivity index (χ0) is 18.4. The molecular weight excluding hydrogens is 320 g/mol. The van der Waals surface area contributed by atoms with E-state index in [0.717, 1.165) is 31.6 Å². The van der Waals surface area contributed by atoms with Crippen LogP contribution in [0.3, 0.4) is 0 Å². The van der Waals surface area contributed by atoms with Crippen molar-refractivity contribution in [2.45, 2.75) is 45.1 Å². The van der Waals surface area contributed by atoms with Gasteiger partial charge in [-0.1, -0.05) is 48.9 Å². The first-order valence-corrected chi connectivity index (χ1v) is 9.25. The molecule has 136 valence electrons. The molecule has 0 aliphatic heterocycles. The van der Waals surface area contributed by atoms with Crippen molar-refractivity contribution in [1.82, 2.24) is 9.55 Å². The van der Waals surface area contributed by atoms with E-state index in [2.05, 4.69) is 71.9 Å². The smallest absolute Gasteiger partial charge is 0.118 e. The number of aromatic nitrogens is 2. The second-order valence-electron chi connectivity index (χ2n) is 7.36. The number of ether oxygens (including phenoxy) is 1. The molecule has 3 aromatic rings. The number of aryl methyl sites for hydroxylation is 2. The SMILES string of the molecule is COc1ccc(C(C)(CCCc2ccc(C)cc2)Cn2ccnc2)cc1. The molecular formula is C23H28N2O. The van der Waals surface area contributed by atoms with E-state index in [4.69, 9.17) is 4.74 Å². The average Bonchev–Trinajstić information content (AvgIpc) is 3.16. The van der Waals surface area contributed by atoms with Crippen LogP contribution in [-0.2, 0) is 18.4 Å². The molecule has 0 aliphatic carbocycles. The largest absolute Gasteiger partial charge is 0.497 e. The highest BCUT2D eigenvalue weighted by atomic mass is 16.5. The third-order valence-electron chi connectivity index (χ3n) is 5.19. The highest BCUT2D eigenvalue weighted by Gasteiger charge is 2.27. The van der Waals surface area contributed by atoms with Crippen LogP contribution in [0.25, 0.3) is 0 Å². The average molecular weight is 348 g/mol. The predicted molar refractivity (Wildman–Crippen MR) is 107 cm³/mol. The Morgan fingerprint density at radius 3 is 2.38 bits per heavy atom. The van der Waals surface area contributed by atoms with Crippen molar-refractivity contribution < 1.29 is 4.74 Å². The van der Waals surface area contributed by atoms with Gasteiger partial charge in [0.15, 0.2) is 0 Å². The van der Waals surface area contributed by atoms with E-state index in [1.54, 1.807) is 7.11 Å². The summed E-state index contributed by atoms with van der Waals surface area (Å²) in [4.78, 5) is 4.21. The van der Waals surface area contributed by atoms with E-state index >= 15 is 0 Å². The van der Waals surface area contributed by atoms with E-state index in [1.165, 1.54) is 16.7 Å². The molecule has 0 amide bonds. The van der Waals surface area contributed by atoms with Gasteiger partial charge in [0.2, 0.25) is 0 Å². The van der Waals surface area contributed by atoms with Gasteiger partial charge in [-0.15, -0.1) is 0 Å². The topological polar surface area (TPSA) is 27.1 Å². The van der Waals surface area contributed by atoms with Crippen LogP contribution >= 0.6 is 0 Å². The number of hydrogen-bond acceptors (Lipinski definition) is 2. The highest BCUT2D eigenvalue weighted by Crippen LogP contribution is 2.33. The van der Waals surface area contributed by atoms with Crippen LogP contribution in [0.5, 0.6) is 5.75 Å². The van der Waals surface area contributed by atoms with Crippen LogP contribution in [0, 0.1) is 6.92 Å². The van der Waals surface area contributed by atoms with E-state index in [1.807, 2.05) is 18.7 Å². The van der Waals surface area contributed by atoms with Crippen molar-refractivity contribution in [1.29, 1.82) is 0 Å². The van der Waals surface area contributed by atoms with Gasteiger partial charge in [0.25, 0.3) is 0 Å². The Balaban J connectivity index is 1.74. The van der Waals surface area contributed by atoms with Crippen LogP contribution in [0.1, 0.15) is 36.5 Å². The normalized spacial score (nSPS) is 13.3. The molecule has 0 N–H and O–H groups in total. The van der Waals surface area contributed by atoms with Crippen LogP contribution in [-0.4, -0.2) is 16.7 Å². The van der Waals surface area contributed by atoms with Gasteiger partial charge in [0.05, 0.1) is 13.4 Å². The Morgan fingerprint density at radius 1 is 1.04 bits per heavy atom. The number of benzene rings is 2. The lowest BCUT2D eigenvalue weighted by atomic mass is 9.77. The number of imidazole rings is 1. The van der Waals surface area contributed by atoms with Crippen molar-refractivity contribution in [3.8, 4) is 5.75 Å². The first-order valence-electron chi connectivity index (χ1n) is 9.25. The minimum atomic E-state index is 0.0532. The zero-order valence-corrected chi connectivity index (χ0v) is 16.0. The zero-order valence-electron chi connectivity index (χ0n) is 16.0. The van der Waals surface area contributed by atoms with Gasteiger partial charge in [-0.2, -0.15) is 0 Å². The molecule has 0 radical (unpaired) electrons. The first kappa shape index (κ1) is 18.2. The number of rotatable bonds is 8. The molecule has 0 aliphatic rings. The van der Waals surface area contributed by atoms with Crippen molar-refractivity contribution in [2.75, 3.05) is 7.11 Å². The molecule has 2 aromatic carbocycles. The fourth-order valence-corrected chi connectivity index (χ4v) is 3.53. The van der Waals surface area contributed by atoms with Gasteiger partial charge < -0.3 is 9.30 Å². The van der Waals surface area contributed by atoms with Crippen molar-refractivity contribution in [3.63, 3.8) is 0 Å². The maximum Gasteiger partial charge on any atom is 0.118 e. The summed E-state index contributed by atoms with van der Waals surface area (Å²) in [6.07, 6.45) is 9.17. The van der Waals surface area contributed by atoms with E-state index < -0.39 is 0 Å². The molecule has 1 aromatic heterocycles. The summed E-state index contributed by atoms with van der Waals surface area (Å²) >= 11 is 0. The molecule has 1 unspecified atom stereocenters. The molecule has 3 nitrogen and oxygen atoms in total. The summed E-state index contributed by atoms with van der Waals surface area (Å²) in [5.74, 6) is 0.901. The third-order valence-corrected chi connectivity index (χ3v) is 5.19. The lowest BCUT2D eigenvalue weighted by molar-refractivity contribution is 0.357. The summed E-state index contributed by atoms with van der Waals surface area (Å²) in [5, 5.41) is 0. The lowest BCUT2D eigenvalue weighted by Crippen LogP contribution is -2.28. The monoisotopic (exact) mass is 348 g/mol. The predicted octanol–water partition coefficient (Wildman–Crippen LogP) is 5.18. The molecule has 0 bridgehead atoms. The van der Waals surface area contributed by atoms with Crippen LogP contribution in [0.2, 0.25) is 0 Å². The molecule has 0 saturated carbocycles. The highest BCUT2D eigenvalue weighted by molar-refractivity contribution is 5.32. The van der Waals surface area contributed by atoms with Gasteiger partial charge in [-0.25, -0.2) is 4.98 Å². The van der Waals surface area contributed by atoms with Gasteiger partial charge in [0.1, 0.15) is 5.75 Å². The Kier molecular flexibility index (Phi) is 5.77. The number of hydrogen-bond donors (Lipinski definition) is 0. The molecule has 3 heteroatoms. The minimum absolute atomic E-state index is 0.0532. The molecule has 1 heterocycles. The van der Waals surface area contributed by atoms with Crippen LogP contribution in [0.4, 0.5) is 0 Å². The van der Waals surface area contributed by atoms with E-state index in [0.29, 0.717) is 0 Å². The molecule has 0 fully saturated rings. The standard InChI is InChI=1S/C23H28N2O/c1-19-6-8-20(9-7-19)5-4-14-23(2,17-25-16-15-24-18-25)21-10-12-22(26-3)13-11-21/h6-13,15-16,18H,4-5,14,17H2,1-3H3. The Labute approximate surface area is 156 Å². The second kappa shape index (κ2) is 8.22. The van der Waals surface area contributed by atoms with E-state index in [9.17, 15) is 0 Å². The second-order valence-corrected chi connectivity index (χ2v) is 7.36. The molecule has 1 atom stereocenters. The molecule has 0 saturated heterocycles. The van der Waals surface area contributed by atoms with Gasteiger partial charge in [-0.3, -0.25) is 0 Å². The summed E-state index contributed by atoms with van der Waals surface area (Å²) < 4.78 is 7.50. The van der Waals surface area contributed by atoms with Gasteiger partial charge in [0, 0.05) is 24.4 Å².